The van der Waals surface area contributed by atoms with Crippen molar-refractivity contribution in [3.63, 3.8) is 0 Å². The number of aromatic nitrogens is 1. The molecular weight excluding hydrogens is 318 g/mol. The molecule has 0 atom stereocenters. The lowest BCUT2D eigenvalue weighted by Gasteiger charge is -2.17. The van der Waals surface area contributed by atoms with Crippen molar-refractivity contribution in [2.24, 2.45) is 0 Å². The first kappa shape index (κ1) is 18.4. The van der Waals surface area contributed by atoms with Crippen molar-refractivity contribution in [2.45, 2.75) is 13.3 Å². The molecule has 1 aromatic heterocycles. The summed E-state index contributed by atoms with van der Waals surface area (Å²) in [7, 11) is 1.79. The van der Waals surface area contributed by atoms with Gasteiger partial charge in [-0.2, -0.15) is 0 Å². The second kappa shape index (κ2) is 9.42. The summed E-state index contributed by atoms with van der Waals surface area (Å²) in [5.74, 6) is 0.555. The number of benzene rings is 1. The minimum absolute atomic E-state index is 0.0288. The van der Waals surface area contributed by atoms with E-state index in [9.17, 15) is 9.59 Å². The van der Waals surface area contributed by atoms with E-state index in [2.05, 4.69) is 10.3 Å². The van der Waals surface area contributed by atoms with Crippen molar-refractivity contribution >= 4 is 11.8 Å². The fourth-order valence-corrected chi connectivity index (χ4v) is 2.26. The maximum atomic E-state index is 12.4. The minimum Gasteiger partial charge on any atom is -0.492 e. The lowest BCUT2D eigenvalue weighted by Crippen LogP contribution is -2.28. The van der Waals surface area contributed by atoms with Gasteiger partial charge in [-0.25, -0.2) is 0 Å². The van der Waals surface area contributed by atoms with E-state index in [1.54, 1.807) is 48.6 Å². The summed E-state index contributed by atoms with van der Waals surface area (Å²) in [6.07, 6.45) is 4.29. The molecular formula is C19H23N3O3. The van der Waals surface area contributed by atoms with Gasteiger partial charge >= 0.3 is 0 Å². The van der Waals surface area contributed by atoms with Gasteiger partial charge in [0.15, 0.2) is 0 Å². The second-order valence-electron chi connectivity index (χ2n) is 5.69. The summed E-state index contributed by atoms with van der Waals surface area (Å²) in [5, 5.41) is 2.66. The van der Waals surface area contributed by atoms with E-state index < -0.39 is 0 Å². The van der Waals surface area contributed by atoms with E-state index in [0.717, 1.165) is 12.0 Å². The average molecular weight is 341 g/mol. The maximum absolute atomic E-state index is 12.4. The molecule has 0 spiro atoms. The zero-order chi connectivity index (χ0) is 18.1. The molecule has 6 nitrogen and oxygen atoms in total. The predicted molar refractivity (Wildman–Crippen MR) is 95.5 cm³/mol. The first-order valence-corrected chi connectivity index (χ1v) is 8.18. The van der Waals surface area contributed by atoms with Crippen LogP contribution in [0.3, 0.4) is 0 Å². The number of rotatable bonds is 8. The molecule has 1 heterocycles. The van der Waals surface area contributed by atoms with Crippen molar-refractivity contribution in [3.05, 3.63) is 59.9 Å². The van der Waals surface area contributed by atoms with Crippen LogP contribution in [0.5, 0.6) is 5.75 Å². The van der Waals surface area contributed by atoms with E-state index in [-0.39, 0.29) is 11.8 Å². The summed E-state index contributed by atoms with van der Waals surface area (Å²) in [5.41, 5.74) is 1.77. The molecule has 0 aliphatic heterocycles. The highest BCUT2D eigenvalue weighted by atomic mass is 16.5. The number of hydrogen-bond donors (Lipinski definition) is 1. The van der Waals surface area contributed by atoms with Crippen LogP contribution in [0, 0.1) is 0 Å². The molecule has 1 N–H and O–H groups in total. The van der Waals surface area contributed by atoms with Gasteiger partial charge in [0.05, 0.1) is 6.54 Å². The Bertz CT molecular complexity index is 687. The first-order chi connectivity index (χ1) is 12.1. The van der Waals surface area contributed by atoms with Gasteiger partial charge in [-0.15, -0.1) is 0 Å². The van der Waals surface area contributed by atoms with E-state index in [1.807, 2.05) is 12.1 Å². The molecule has 132 valence electrons. The SMILES string of the molecule is CC(=O)NCCOc1ccc(C(=O)N(C)CCc2ccncc2)cc1. The van der Waals surface area contributed by atoms with E-state index in [0.29, 0.717) is 31.0 Å². The van der Waals surface area contributed by atoms with Crippen molar-refractivity contribution in [2.75, 3.05) is 26.7 Å². The van der Waals surface area contributed by atoms with Gasteiger partial charge in [-0.1, -0.05) is 0 Å². The quantitative estimate of drug-likeness (QED) is 0.745. The van der Waals surface area contributed by atoms with Gasteiger partial charge in [0.2, 0.25) is 5.91 Å². The Kier molecular flexibility index (Phi) is 6.95. The minimum atomic E-state index is -0.0839. The van der Waals surface area contributed by atoms with E-state index in [4.69, 9.17) is 4.74 Å². The Labute approximate surface area is 147 Å². The molecule has 0 saturated carbocycles. The third-order valence-corrected chi connectivity index (χ3v) is 3.68. The van der Waals surface area contributed by atoms with Crippen LogP contribution in [0.2, 0.25) is 0 Å². The van der Waals surface area contributed by atoms with Crippen LogP contribution >= 0.6 is 0 Å². The van der Waals surface area contributed by atoms with Crippen LogP contribution in [0.15, 0.2) is 48.8 Å². The van der Waals surface area contributed by atoms with Crippen LogP contribution in [-0.4, -0.2) is 48.4 Å². The largest absolute Gasteiger partial charge is 0.492 e. The summed E-state index contributed by atoms with van der Waals surface area (Å²) in [6.45, 7) is 2.94. The number of amides is 2. The van der Waals surface area contributed by atoms with Gasteiger partial charge in [0.1, 0.15) is 12.4 Å². The predicted octanol–water partition coefficient (Wildman–Crippen LogP) is 1.91. The molecule has 0 fully saturated rings. The number of likely N-dealkylation sites (N-methyl/N-ethyl adjacent to an activating group) is 1. The molecule has 0 aliphatic carbocycles. The highest BCUT2D eigenvalue weighted by Crippen LogP contribution is 2.13. The highest BCUT2D eigenvalue weighted by molar-refractivity contribution is 5.94. The standard InChI is InChI=1S/C19H23N3O3/c1-15(23)21-12-14-25-18-5-3-17(4-6-18)19(24)22(2)13-9-16-7-10-20-11-8-16/h3-8,10-11H,9,12-14H2,1-2H3,(H,21,23). The normalized spacial score (nSPS) is 10.2. The van der Waals surface area contributed by atoms with Crippen LogP contribution < -0.4 is 10.1 Å². The van der Waals surface area contributed by atoms with Gasteiger partial charge in [0.25, 0.3) is 5.91 Å². The van der Waals surface area contributed by atoms with Crippen molar-refractivity contribution < 1.29 is 14.3 Å². The molecule has 6 heteroatoms. The lowest BCUT2D eigenvalue weighted by molar-refractivity contribution is -0.119. The first-order valence-electron chi connectivity index (χ1n) is 8.18. The van der Waals surface area contributed by atoms with E-state index >= 15 is 0 Å². The van der Waals surface area contributed by atoms with Gasteiger partial charge in [-0.05, 0) is 48.4 Å². The Morgan fingerprint density at radius 3 is 2.44 bits per heavy atom. The summed E-state index contributed by atoms with van der Waals surface area (Å²) in [6, 6.07) is 10.9. The number of hydrogen-bond acceptors (Lipinski definition) is 4. The zero-order valence-electron chi connectivity index (χ0n) is 14.6. The fourth-order valence-electron chi connectivity index (χ4n) is 2.26. The summed E-state index contributed by atoms with van der Waals surface area (Å²) >= 11 is 0. The van der Waals surface area contributed by atoms with E-state index in [1.165, 1.54) is 6.92 Å². The van der Waals surface area contributed by atoms with Crippen molar-refractivity contribution in [1.29, 1.82) is 0 Å². The average Bonchev–Trinajstić information content (AvgIpc) is 2.64. The molecule has 2 aromatic rings. The summed E-state index contributed by atoms with van der Waals surface area (Å²) in [4.78, 5) is 28.9. The Morgan fingerprint density at radius 2 is 1.80 bits per heavy atom. The third-order valence-electron chi connectivity index (χ3n) is 3.68. The van der Waals surface area contributed by atoms with Crippen molar-refractivity contribution in [1.82, 2.24) is 15.2 Å². The molecule has 1 aromatic carbocycles. The molecule has 2 rings (SSSR count). The van der Waals surface area contributed by atoms with Gasteiger partial charge in [-0.3, -0.25) is 14.6 Å². The molecule has 0 aliphatic rings. The lowest BCUT2D eigenvalue weighted by atomic mass is 10.1. The zero-order valence-corrected chi connectivity index (χ0v) is 14.6. The number of carbonyl (C=O) groups excluding carboxylic acids is 2. The van der Waals surface area contributed by atoms with Crippen LogP contribution in [0.25, 0.3) is 0 Å². The topological polar surface area (TPSA) is 71.5 Å². The van der Waals surface area contributed by atoms with Gasteiger partial charge in [0, 0.05) is 38.5 Å². The number of ether oxygens (including phenoxy) is 1. The van der Waals surface area contributed by atoms with Crippen LogP contribution in [0.1, 0.15) is 22.8 Å². The molecule has 25 heavy (non-hydrogen) atoms. The molecule has 2 amide bonds. The molecule has 0 bridgehead atoms. The molecule has 0 unspecified atom stereocenters. The Morgan fingerprint density at radius 1 is 1.12 bits per heavy atom. The Balaban J connectivity index is 1.81. The molecule has 0 saturated heterocycles. The maximum Gasteiger partial charge on any atom is 0.253 e. The second-order valence-corrected chi connectivity index (χ2v) is 5.69. The summed E-state index contributed by atoms with van der Waals surface area (Å²) < 4.78 is 5.51. The number of carbonyl (C=O) groups is 2. The smallest absolute Gasteiger partial charge is 0.253 e. The Hall–Kier alpha value is -2.89. The molecule has 0 radical (unpaired) electrons. The van der Waals surface area contributed by atoms with Crippen molar-refractivity contribution in [3.8, 4) is 5.75 Å². The number of nitrogens with zero attached hydrogens (tertiary/aromatic N) is 2. The fraction of sp³-hybridized carbons (Fsp3) is 0.316. The van der Waals surface area contributed by atoms with Crippen LogP contribution in [0.4, 0.5) is 0 Å². The monoisotopic (exact) mass is 341 g/mol. The van der Waals surface area contributed by atoms with Crippen LogP contribution in [-0.2, 0) is 11.2 Å². The van der Waals surface area contributed by atoms with Gasteiger partial charge < -0.3 is 15.0 Å². The highest BCUT2D eigenvalue weighted by Gasteiger charge is 2.11. The number of pyridine rings is 1. The third kappa shape index (κ3) is 6.25. The number of nitrogens with one attached hydrogen (secondary N) is 1.